The number of likely N-dealkylation sites (tertiary alicyclic amines) is 1. The molecule has 0 unspecified atom stereocenters. The third-order valence-corrected chi connectivity index (χ3v) is 3.83. The standard InChI is InChI=1S/C15H15F6NO4/c16-14(17,18)9-1-4-11(5-2-9)26-12-6-3-10(8-25-15(19,20)21)22(7-12)13(23)24/h1-2,4-5,10,12H,3,6-8H2,(H,23,24)/t10-,12-/m0/s1. The molecule has 0 radical (unpaired) electrons. The van der Waals surface area contributed by atoms with E-state index in [9.17, 15) is 31.1 Å². The fourth-order valence-corrected chi connectivity index (χ4v) is 2.60. The lowest BCUT2D eigenvalue weighted by molar-refractivity contribution is -0.328. The average molecular weight is 387 g/mol. The van der Waals surface area contributed by atoms with Crippen molar-refractivity contribution < 1.29 is 45.7 Å². The molecule has 1 fully saturated rings. The predicted octanol–water partition coefficient (Wildman–Crippen LogP) is 4.13. The lowest BCUT2D eigenvalue weighted by atomic mass is 10.0. The van der Waals surface area contributed by atoms with Crippen LogP contribution in [-0.4, -0.2) is 47.8 Å². The quantitative estimate of drug-likeness (QED) is 0.790. The molecule has 11 heteroatoms. The van der Waals surface area contributed by atoms with E-state index in [1.165, 1.54) is 0 Å². The van der Waals surface area contributed by atoms with Gasteiger partial charge < -0.3 is 9.84 Å². The molecule has 1 aromatic carbocycles. The molecule has 2 rings (SSSR count). The molecule has 5 nitrogen and oxygen atoms in total. The van der Waals surface area contributed by atoms with E-state index in [2.05, 4.69) is 4.74 Å². The maximum atomic E-state index is 12.5. The number of benzene rings is 1. The summed E-state index contributed by atoms with van der Waals surface area (Å²) in [6, 6.07) is 2.88. The van der Waals surface area contributed by atoms with Gasteiger partial charge in [-0.2, -0.15) is 13.2 Å². The molecule has 0 aromatic heterocycles. The number of halogens is 6. The molecule has 1 saturated heterocycles. The van der Waals surface area contributed by atoms with Crippen LogP contribution in [0.1, 0.15) is 18.4 Å². The van der Waals surface area contributed by atoms with Crippen molar-refractivity contribution in [2.45, 2.75) is 37.5 Å². The van der Waals surface area contributed by atoms with Crippen molar-refractivity contribution in [3.8, 4) is 5.75 Å². The number of alkyl halides is 6. The second-order valence-electron chi connectivity index (χ2n) is 5.68. The number of carbonyl (C=O) groups is 1. The third kappa shape index (κ3) is 5.68. The number of hydrogen-bond acceptors (Lipinski definition) is 3. The van der Waals surface area contributed by atoms with Gasteiger partial charge in [-0.1, -0.05) is 0 Å². The van der Waals surface area contributed by atoms with E-state index < -0.39 is 42.9 Å². The molecule has 1 aromatic rings. The Morgan fingerprint density at radius 3 is 2.23 bits per heavy atom. The van der Waals surface area contributed by atoms with Crippen LogP contribution in [0.5, 0.6) is 5.75 Å². The Hall–Kier alpha value is -2.17. The van der Waals surface area contributed by atoms with E-state index in [4.69, 9.17) is 9.84 Å². The van der Waals surface area contributed by atoms with Gasteiger partial charge in [0.2, 0.25) is 0 Å². The molecule has 0 spiro atoms. The second-order valence-corrected chi connectivity index (χ2v) is 5.68. The van der Waals surface area contributed by atoms with Gasteiger partial charge >= 0.3 is 18.6 Å². The van der Waals surface area contributed by atoms with Gasteiger partial charge in [0.05, 0.1) is 24.8 Å². The zero-order chi connectivity index (χ0) is 19.5. The van der Waals surface area contributed by atoms with E-state index in [0.717, 1.165) is 29.2 Å². The summed E-state index contributed by atoms with van der Waals surface area (Å²) in [7, 11) is 0. The van der Waals surface area contributed by atoms with Crippen LogP contribution in [-0.2, 0) is 10.9 Å². The van der Waals surface area contributed by atoms with Crippen molar-refractivity contribution >= 4 is 6.09 Å². The van der Waals surface area contributed by atoms with Crippen molar-refractivity contribution in [3.05, 3.63) is 29.8 Å². The lowest BCUT2D eigenvalue weighted by Crippen LogP contribution is -2.52. The van der Waals surface area contributed by atoms with E-state index in [0.29, 0.717) is 0 Å². The molecular formula is C15H15F6NO4. The average Bonchev–Trinajstić information content (AvgIpc) is 2.52. The zero-order valence-corrected chi connectivity index (χ0v) is 13.2. The van der Waals surface area contributed by atoms with Crippen molar-refractivity contribution in [2.24, 2.45) is 0 Å². The summed E-state index contributed by atoms with van der Waals surface area (Å²) in [6.07, 6.45) is -11.2. The highest BCUT2D eigenvalue weighted by atomic mass is 19.4. The minimum atomic E-state index is -4.86. The molecular weight excluding hydrogens is 372 g/mol. The number of piperidine rings is 1. The monoisotopic (exact) mass is 387 g/mol. The molecule has 26 heavy (non-hydrogen) atoms. The molecule has 1 aliphatic heterocycles. The normalized spacial score (nSPS) is 21.5. The minimum absolute atomic E-state index is 0.0632. The van der Waals surface area contributed by atoms with E-state index in [-0.39, 0.29) is 25.1 Å². The first-order chi connectivity index (χ1) is 12.0. The second kappa shape index (κ2) is 7.60. The lowest BCUT2D eigenvalue weighted by Gasteiger charge is -2.37. The molecule has 0 bridgehead atoms. The van der Waals surface area contributed by atoms with E-state index in [1.54, 1.807) is 0 Å². The van der Waals surface area contributed by atoms with Gasteiger partial charge in [0.25, 0.3) is 0 Å². The largest absolute Gasteiger partial charge is 0.522 e. The Morgan fingerprint density at radius 2 is 1.73 bits per heavy atom. The first kappa shape index (κ1) is 20.1. The zero-order valence-electron chi connectivity index (χ0n) is 13.2. The number of hydrogen-bond donors (Lipinski definition) is 1. The van der Waals surface area contributed by atoms with Crippen molar-refractivity contribution in [1.82, 2.24) is 4.90 Å². The molecule has 0 aliphatic carbocycles. The predicted molar refractivity (Wildman–Crippen MR) is 75.6 cm³/mol. The Balaban J connectivity index is 1.97. The van der Waals surface area contributed by atoms with Gasteiger partial charge in [-0.25, -0.2) is 4.79 Å². The topological polar surface area (TPSA) is 59.0 Å². The molecule has 1 amide bonds. The van der Waals surface area contributed by atoms with Gasteiger partial charge in [0, 0.05) is 0 Å². The van der Waals surface area contributed by atoms with Crippen molar-refractivity contribution in [3.63, 3.8) is 0 Å². The summed E-state index contributed by atoms with van der Waals surface area (Å²) in [5, 5.41) is 9.16. The Bertz CT molecular complexity index is 616. The van der Waals surface area contributed by atoms with Crippen molar-refractivity contribution in [2.75, 3.05) is 13.2 Å². The van der Waals surface area contributed by atoms with E-state index in [1.807, 2.05) is 0 Å². The van der Waals surface area contributed by atoms with Gasteiger partial charge in [-0.15, -0.1) is 13.2 Å². The molecule has 1 N–H and O–H groups in total. The highest BCUT2D eigenvalue weighted by molar-refractivity contribution is 5.65. The van der Waals surface area contributed by atoms with Gasteiger partial charge in [-0.05, 0) is 37.1 Å². The fourth-order valence-electron chi connectivity index (χ4n) is 2.60. The van der Waals surface area contributed by atoms with Crippen LogP contribution in [0.15, 0.2) is 24.3 Å². The maximum Gasteiger partial charge on any atom is 0.522 e. The summed E-state index contributed by atoms with van der Waals surface area (Å²) in [4.78, 5) is 12.0. The summed E-state index contributed by atoms with van der Waals surface area (Å²) < 4.78 is 83.1. The Morgan fingerprint density at radius 1 is 1.12 bits per heavy atom. The number of nitrogens with zero attached hydrogens (tertiary/aromatic N) is 1. The van der Waals surface area contributed by atoms with Crippen LogP contribution in [0.3, 0.4) is 0 Å². The minimum Gasteiger partial charge on any atom is -0.489 e. The van der Waals surface area contributed by atoms with Crippen molar-refractivity contribution in [1.29, 1.82) is 0 Å². The van der Waals surface area contributed by atoms with Gasteiger partial charge in [-0.3, -0.25) is 9.64 Å². The number of ether oxygens (including phenoxy) is 2. The Labute approximate surface area is 144 Å². The van der Waals surface area contributed by atoms with Crippen LogP contribution < -0.4 is 4.74 Å². The third-order valence-electron chi connectivity index (χ3n) is 3.83. The number of rotatable bonds is 4. The molecule has 2 atom stereocenters. The summed E-state index contributed by atoms with van der Waals surface area (Å²) in [5.74, 6) is 0.110. The van der Waals surface area contributed by atoms with Crippen LogP contribution in [0.4, 0.5) is 31.1 Å². The number of carboxylic acid groups (broad SMARTS) is 1. The highest BCUT2D eigenvalue weighted by Gasteiger charge is 2.37. The van der Waals surface area contributed by atoms with Crippen LogP contribution in [0.25, 0.3) is 0 Å². The van der Waals surface area contributed by atoms with Crippen LogP contribution in [0, 0.1) is 0 Å². The summed E-state index contributed by atoms with van der Waals surface area (Å²) >= 11 is 0. The smallest absolute Gasteiger partial charge is 0.489 e. The van der Waals surface area contributed by atoms with Crippen LogP contribution in [0.2, 0.25) is 0 Å². The number of amides is 1. The first-order valence-corrected chi connectivity index (χ1v) is 7.50. The highest BCUT2D eigenvalue weighted by Crippen LogP contribution is 2.31. The molecule has 1 heterocycles. The van der Waals surface area contributed by atoms with Gasteiger partial charge in [0.1, 0.15) is 11.9 Å². The van der Waals surface area contributed by atoms with Crippen LogP contribution >= 0.6 is 0 Å². The fraction of sp³-hybridized carbons (Fsp3) is 0.533. The van der Waals surface area contributed by atoms with E-state index >= 15 is 0 Å². The summed E-state index contributed by atoms with van der Waals surface area (Å²) in [5.41, 5.74) is -0.856. The molecule has 0 saturated carbocycles. The Kier molecular flexibility index (Phi) is 5.89. The molecule has 146 valence electrons. The SMILES string of the molecule is O=C(O)N1C[C@@H](Oc2ccc(C(F)(F)F)cc2)CC[C@H]1COC(F)(F)F. The van der Waals surface area contributed by atoms with Gasteiger partial charge in [0.15, 0.2) is 0 Å². The maximum absolute atomic E-state index is 12.5. The first-order valence-electron chi connectivity index (χ1n) is 7.50. The summed E-state index contributed by atoms with van der Waals surface area (Å²) in [6.45, 7) is -1.05. The molecule has 1 aliphatic rings.